The van der Waals surface area contributed by atoms with Gasteiger partial charge in [0.1, 0.15) is 10.6 Å². The Balaban J connectivity index is 2.50. The normalized spacial score (nSPS) is 22.6. The van der Waals surface area contributed by atoms with Crippen LogP contribution in [0.5, 0.6) is 0 Å². The number of nitrogens with zero attached hydrogens (tertiary/aromatic N) is 2. The van der Waals surface area contributed by atoms with Gasteiger partial charge in [0, 0.05) is 26.5 Å². The molecule has 122 valence electrons. The molecule has 1 aromatic rings. The first-order valence-electron chi connectivity index (χ1n) is 7.01. The van der Waals surface area contributed by atoms with Crippen molar-refractivity contribution in [3.8, 4) is 0 Å². The van der Waals surface area contributed by atoms with Crippen molar-refractivity contribution in [1.82, 2.24) is 0 Å². The minimum absolute atomic E-state index is 0.0322. The summed E-state index contributed by atoms with van der Waals surface area (Å²) in [5.41, 5.74) is -0.0173. The molecule has 2 rings (SSSR count). The fraction of sp³-hybridized carbons (Fsp3) is 0.571. The quantitative estimate of drug-likeness (QED) is 0.619. The van der Waals surface area contributed by atoms with Gasteiger partial charge in [0.2, 0.25) is 0 Å². The second-order valence-corrected chi connectivity index (χ2v) is 7.62. The third-order valence-electron chi connectivity index (χ3n) is 4.09. The summed E-state index contributed by atoms with van der Waals surface area (Å²) in [5.74, 6) is 0.360. The fourth-order valence-electron chi connectivity index (χ4n) is 2.81. The number of para-hydroxylation sites is 1. The van der Waals surface area contributed by atoms with Crippen LogP contribution in [0.2, 0.25) is 0 Å². The molecule has 0 spiro atoms. The molecular weight excluding hydrogens is 308 g/mol. The lowest BCUT2D eigenvalue weighted by molar-refractivity contribution is -0.387. The van der Waals surface area contributed by atoms with E-state index in [2.05, 4.69) is 6.92 Å². The Morgan fingerprint density at radius 1 is 1.41 bits per heavy atom. The van der Waals surface area contributed by atoms with Gasteiger partial charge in [0.15, 0.2) is 9.84 Å². The first-order chi connectivity index (χ1) is 10.3. The van der Waals surface area contributed by atoms with Crippen LogP contribution in [0.15, 0.2) is 23.1 Å². The fourth-order valence-corrected chi connectivity index (χ4v) is 3.66. The molecule has 1 aliphatic heterocycles. The van der Waals surface area contributed by atoms with Crippen molar-refractivity contribution in [2.45, 2.75) is 24.3 Å². The van der Waals surface area contributed by atoms with Crippen LogP contribution in [0, 0.1) is 16.0 Å². The van der Waals surface area contributed by atoms with Crippen LogP contribution in [0.25, 0.3) is 0 Å². The van der Waals surface area contributed by atoms with Gasteiger partial charge in [-0.05, 0) is 24.5 Å². The SMILES string of the molecule is COC1CN(c2cccc(S(C)(=O)=O)c2[N+](=O)[O-])CCC1C. The average molecular weight is 328 g/mol. The van der Waals surface area contributed by atoms with Crippen LogP contribution in [-0.4, -0.2) is 45.9 Å². The van der Waals surface area contributed by atoms with Crippen molar-refractivity contribution in [3.63, 3.8) is 0 Å². The number of anilines is 1. The summed E-state index contributed by atoms with van der Waals surface area (Å²) in [4.78, 5) is 12.4. The standard InChI is InChI=1S/C14H20N2O5S/c1-10-7-8-15(9-12(10)21-2)11-5-4-6-13(22(3,19)20)14(11)16(17)18/h4-6,10,12H,7-9H2,1-3H3. The Bertz CT molecular complexity index is 674. The molecule has 2 unspecified atom stereocenters. The molecule has 1 fully saturated rings. The van der Waals surface area contributed by atoms with Crippen molar-refractivity contribution in [1.29, 1.82) is 0 Å². The largest absolute Gasteiger partial charge is 0.379 e. The molecule has 0 bridgehead atoms. The summed E-state index contributed by atoms with van der Waals surface area (Å²) in [6.45, 7) is 3.22. The van der Waals surface area contributed by atoms with Gasteiger partial charge in [-0.25, -0.2) is 8.42 Å². The van der Waals surface area contributed by atoms with E-state index in [1.54, 1.807) is 19.2 Å². The zero-order chi connectivity index (χ0) is 16.5. The van der Waals surface area contributed by atoms with E-state index in [0.29, 0.717) is 24.7 Å². The Morgan fingerprint density at radius 2 is 2.09 bits per heavy atom. The summed E-state index contributed by atoms with van der Waals surface area (Å²) in [7, 11) is -2.05. The van der Waals surface area contributed by atoms with E-state index >= 15 is 0 Å². The minimum atomic E-state index is -3.67. The highest BCUT2D eigenvalue weighted by Crippen LogP contribution is 2.36. The first kappa shape index (κ1) is 16.7. The van der Waals surface area contributed by atoms with Crippen molar-refractivity contribution >= 4 is 21.2 Å². The van der Waals surface area contributed by atoms with Crippen LogP contribution in [0.4, 0.5) is 11.4 Å². The number of ether oxygens (including phenoxy) is 1. The van der Waals surface area contributed by atoms with Gasteiger partial charge < -0.3 is 9.64 Å². The van der Waals surface area contributed by atoms with Crippen molar-refractivity contribution in [2.75, 3.05) is 31.4 Å². The number of sulfone groups is 1. The lowest BCUT2D eigenvalue weighted by Gasteiger charge is -2.37. The highest BCUT2D eigenvalue weighted by atomic mass is 32.2. The predicted octanol–water partition coefficient (Wildman–Crippen LogP) is 1.86. The smallest absolute Gasteiger partial charge is 0.311 e. The Kier molecular flexibility index (Phi) is 4.72. The zero-order valence-corrected chi connectivity index (χ0v) is 13.7. The lowest BCUT2D eigenvalue weighted by atomic mass is 9.95. The molecule has 1 saturated heterocycles. The van der Waals surface area contributed by atoms with E-state index in [1.807, 2.05) is 4.90 Å². The summed E-state index contributed by atoms with van der Waals surface area (Å²) >= 11 is 0. The van der Waals surface area contributed by atoms with Gasteiger partial charge in [-0.1, -0.05) is 13.0 Å². The van der Waals surface area contributed by atoms with Crippen LogP contribution < -0.4 is 4.90 Å². The average Bonchev–Trinajstić information content (AvgIpc) is 2.46. The highest BCUT2D eigenvalue weighted by Gasteiger charge is 2.33. The molecule has 22 heavy (non-hydrogen) atoms. The molecule has 2 atom stereocenters. The summed E-state index contributed by atoms with van der Waals surface area (Å²) < 4.78 is 29.1. The van der Waals surface area contributed by atoms with E-state index < -0.39 is 14.8 Å². The highest BCUT2D eigenvalue weighted by molar-refractivity contribution is 7.90. The van der Waals surface area contributed by atoms with Gasteiger partial charge in [-0.3, -0.25) is 10.1 Å². The molecule has 0 N–H and O–H groups in total. The third-order valence-corrected chi connectivity index (χ3v) is 5.22. The predicted molar refractivity (Wildman–Crippen MR) is 83.0 cm³/mol. The van der Waals surface area contributed by atoms with E-state index in [0.717, 1.165) is 12.7 Å². The monoisotopic (exact) mass is 328 g/mol. The topological polar surface area (TPSA) is 89.8 Å². The van der Waals surface area contributed by atoms with E-state index in [-0.39, 0.29) is 16.7 Å². The molecule has 7 nitrogen and oxygen atoms in total. The van der Waals surface area contributed by atoms with Gasteiger partial charge in [0.05, 0.1) is 11.0 Å². The summed E-state index contributed by atoms with van der Waals surface area (Å²) in [6.07, 6.45) is 1.78. The maximum Gasteiger partial charge on any atom is 0.311 e. The molecular formula is C14H20N2O5S. The van der Waals surface area contributed by atoms with E-state index in [9.17, 15) is 18.5 Å². The van der Waals surface area contributed by atoms with E-state index in [1.165, 1.54) is 6.07 Å². The molecule has 8 heteroatoms. The van der Waals surface area contributed by atoms with E-state index in [4.69, 9.17) is 4.74 Å². The number of nitro benzene ring substituents is 1. The molecule has 1 aromatic carbocycles. The number of piperidine rings is 1. The Labute approximate surface area is 129 Å². The number of benzene rings is 1. The maximum atomic E-state index is 11.8. The van der Waals surface area contributed by atoms with Gasteiger partial charge >= 0.3 is 5.69 Å². The first-order valence-corrected chi connectivity index (χ1v) is 8.90. The Morgan fingerprint density at radius 3 is 2.64 bits per heavy atom. The van der Waals surface area contributed by atoms with Gasteiger partial charge in [0.25, 0.3) is 0 Å². The van der Waals surface area contributed by atoms with Crippen LogP contribution in [0.3, 0.4) is 0 Å². The van der Waals surface area contributed by atoms with Crippen LogP contribution in [-0.2, 0) is 14.6 Å². The van der Waals surface area contributed by atoms with Crippen LogP contribution >= 0.6 is 0 Å². The van der Waals surface area contributed by atoms with Crippen molar-refractivity contribution in [3.05, 3.63) is 28.3 Å². The molecule has 0 aliphatic carbocycles. The number of hydrogen-bond acceptors (Lipinski definition) is 6. The second-order valence-electron chi connectivity index (χ2n) is 5.64. The molecule has 0 aromatic heterocycles. The summed E-state index contributed by atoms with van der Waals surface area (Å²) in [6, 6.07) is 4.41. The number of methoxy groups -OCH3 is 1. The molecule has 0 saturated carbocycles. The number of hydrogen-bond donors (Lipinski definition) is 0. The van der Waals surface area contributed by atoms with Gasteiger partial charge in [-0.2, -0.15) is 0 Å². The Hall–Kier alpha value is -1.67. The molecule has 1 heterocycles. The molecule has 1 aliphatic rings. The second kappa shape index (κ2) is 6.21. The number of rotatable bonds is 4. The molecule has 0 amide bonds. The summed E-state index contributed by atoms with van der Waals surface area (Å²) in [5, 5.41) is 11.4. The molecule has 0 radical (unpaired) electrons. The lowest BCUT2D eigenvalue weighted by Crippen LogP contribution is -2.44. The third kappa shape index (κ3) is 3.22. The van der Waals surface area contributed by atoms with Crippen molar-refractivity contribution < 1.29 is 18.1 Å². The van der Waals surface area contributed by atoms with Crippen molar-refractivity contribution in [2.24, 2.45) is 5.92 Å². The number of nitro groups is 1. The van der Waals surface area contributed by atoms with Gasteiger partial charge in [-0.15, -0.1) is 0 Å². The van der Waals surface area contributed by atoms with Crippen LogP contribution in [0.1, 0.15) is 13.3 Å². The minimum Gasteiger partial charge on any atom is -0.379 e. The zero-order valence-electron chi connectivity index (χ0n) is 12.9. The maximum absolute atomic E-state index is 11.8.